The van der Waals surface area contributed by atoms with E-state index in [9.17, 15) is 9.59 Å². The van der Waals surface area contributed by atoms with E-state index in [4.69, 9.17) is 16.3 Å². The second kappa shape index (κ2) is 8.25. The van der Waals surface area contributed by atoms with Gasteiger partial charge in [0.2, 0.25) is 11.8 Å². The van der Waals surface area contributed by atoms with Gasteiger partial charge >= 0.3 is 0 Å². The number of amidine groups is 1. The number of nitrogens with zero attached hydrogens (tertiary/aromatic N) is 1. The number of hydrogen-bond donors (Lipinski definition) is 2. The van der Waals surface area contributed by atoms with Gasteiger partial charge in [-0.25, -0.2) is 4.99 Å². The molecule has 8 heteroatoms. The number of methoxy groups -OCH3 is 1. The first-order valence-electron chi connectivity index (χ1n) is 7.80. The van der Waals surface area contributed by atoms with Crippen molar-refractivity contribution in [1.29, 1.82) is 0 Å². The molecule has 0 aromatic heterocycles. The lowest BCUT2D eigenvalue weighted by Crippen LogP contribution is -2.28. The lowest BCUT2D eigenvalue weighted by molar-refractivity contribution is -0.122. The molecule has 2 aromatic rings. The maximum Gasteiger partial charge on any atom is 0.240 e. The van der Waals surface area contributed by atoms with Crippen LogP contribution >= 0.6 is 23.4 Å². The number of halogens is 1. The van der Waals surface area contributed by atoms with Crippen LogP contribution in [-0.2, 0) is 9.59 Å². The zero-order chi connectivity index (χ0) is 18.5. The summed E-state index contributed by atoms with van der Waals surface area (Å²) in [6.07, 6.45) is 0.0266. The van der Waals surface area contributed by atoms with Gasteiger partial charge in [-0.05, 0) is 24.3 Å². The molecule has 2 N–H and O–H groups in total. The quantitative estimate of drug-likeness (QED) is 0.818. The summed E-state index contributed by atoms with van der Waals surface area (Å²) in [5, 5.41) is 5.78. The highest BCUT2D eigenvalue weighted by molar-refractivity contribution is 8.15. The van der Waals surface area contributed by atoms with Gasteiger partial charge in [0.25, 0.3) is 0 Å². The number of carbonyl (C=O) groups is 2. The molecule has 1 aliphatic rings. The zero-order valence-electron chi connectivity index (χ0n) is 13.9. The summed E-state index contributed by atoms with van der Waals surface area (Å²) in [5.74, 6) is 0.149. The molecule has 6 nitrogen and oxygen atoms in total. The molecule has 26 heavy (non-hydrogen) atoms. The van der Waals surface area contributed by atoms with Crippen molar-refractivity contribution in [3.8, 4) is 5.75 Å². The lowest BCUT2D eigenvalue weighted by Gasteiger charge is -2.08. The Bertz CT molecular complexity index is 872. The van der Waals surface area contributed by atoms with Crippen molar-refractivity contribution in [2.75, 3.05) is 12.4 Å². The molecule has 2 amide bonds. The molecule has 0 radical (unpaired) electrons. The molecule has 1 heterocycles. The maximum atomic E-state index is 12.2. The Morgan fingerprint density at radius 2 is 2.12 bits per heavy atom. The summed E-state index contributed by atoms with van der Waals surface area (Å²) in [6, 6.07) is 14.1. The first-order chi connectivity index (χ1) is 12.5. The average Bonchev–Trinajstić information content (AvgIpc) is 2.96. The van der Waals surface area contributed by atoms with Gasteiger partial charge in [0.1, 0.15) is 11.0 Å². The minimum atomic E-state index is -0.540. The Balaban J connectivity index is 1.63. The Morgan fingerprint density at radius 3 is 2.88 bits per heavy atom. The van der Waals surface area contributed by atoms with Crippen molar-refractivity contribution >= 4 is 51.7 Å². The van der Waals surface area contributed by atoms with Crippen molar-refractivity contribution in [3.05, 3.63) is 53.6 Å². The molecule has 1 saturated heterocycles. The predicted molar refractivity (Wildman–Crippen MR) is 104 cm³/mol. The Hall–Kier alpha value is -2.51. The molecular formula is C18H16ClN3O3S. The third kappa shape index (κ3) is 4.56. The molecule has 1 fully saturated rings. The van der Waals surface area contributed by atoms with Crippen LogP contribution in [0.1, 0.15) is 6.42 Å². The average molecular weight is 390 g/mol. The SMILES string of the molecule is COc1cccc(N=C2NC(=O)[C@@H](CC(=O)Nc3ccccc3Cl)S2)c1. The normalized spacial score (nSPS) is 17.8. The van der Waals surface area contributed by atoms with Gasteiger partial charge < -0.3 is 15.4 Å². The van der Waals surface area contributed by atoms with Crippen LogP contribution in [0, 0.1) is 0 Å². The molecule has 1 atom stereocenters. The smallest absolute Gasteiger partial charge is 0.240 e. The highest BCUT2D eigenvalue weighted by atomic mass is 35.5. The van der Waals surface area contributed by atoms with E-state index in [-0.39, 0.29) is 18.2 Å². The van der Waals surface area contributed by atoms with Crippen molar-refractivity contribution in [2.24, 2.45) is 4.99 Å². The van der Waals surface area contributed by atoms with Crippen LogP contribution in [0.25, 0.3) is 0 Å². The molecule has 0 aliphatic carbocycles. The summed E-state index contributed by atoms with van der Waals surface area (Å²) in [4.78, 5) is 28.7. The molecule has 134 valence electrons. The Kier molecular flexibility index (Phi) is 5.80. The summed E-state index contributed by atoms with van der Waals surface area (Å²) < 4.78 is 5.15. The van der Waals surface area contributed by atoms with E-state index in [0.717, 1.165) is 0 Å². The number of ether oxygens (including phenoxy) is 1. The minimum Gasteiger partial charge on any atom is -0.497 e. The van der Waals surface area contributed by atoms with Crippen LogP contribution in [0.5, 0.6) is 5.75 Å². The Morgan fingerprint density at radius 1 is 1.31 bits per heavy atom. The highest BCUT2D eigenvalue weighted by Gasteiger charge is 2.32. The summed E-state index contributed by atoms with van der Waals surface area (Å²) in [5.41, 5.74) is 1.18. The number of amides is 2. The van der Waals surface area contributed by atoms with E-state index in [2.05, 4.69) is 15.6 Å². The largest absolute Gasteiger partial charge is 0.497 e. The fraction of sp³-hybridized carbons (Fsp3) is 0.167. The van der Waals surface area contributed by atoms with Crippen molar-refractivity contribution < 1.29 is 14.3 Å². The second-order valence-corrected chi connectivity index (χ2v) is 7.04. The van der Waals surface area contributed by atoms with Gasteiger partial charge in [-0.1, -0.05) is 41.6 Å². The number of benzene rings is 2. The molecule has 0 saturated carbocycles. The van der Waals surface area contributed by atoms with E-state index in [1.807, 2.05) is 12.1 Å². The number of hydrogen-bond acceptors (Lipinski definition) is 5. The number of rotatable bonds is 5. The number of carbonyl (C=O) groups excluding carboxylic acids is 2. The number of para-hydroxylation sites is 1. The van der Waals surface area contributed by atoms with Crippen LogP contribution in [0.4, 0.5) is 11.4 Å². The van der Waals surface area contributed by atoms with Crippen molar-refractivity contribution in [3.63, 3.8) is 0 Å². The van der Waals surface area contributed by atoms with Gasteiger partial charge in [0, 0.05) is 12.5 Å². The first kappa shape index (κ1) is 18.3. The van der Waals surface area contributed by atoms with Crippen LogP contribution in [0.2, 0.25) is 5.02 Å². The van der Waals surface area contributed by atoms with E-state index in [1.54, 1.807) is 43.5 Å². The fourth-order valence-corrected chi connectivity index (χ4v) is 3.49. The van der Waals surface area contributed by atoms with Gasteiger partial charge in [-0.3, -0.25) is 9.59 Å². The molecule has 0 bridgehead atoms. The van der Waals surface area contributed by atoms with Gasteiger partial charge in [-0.2, -0.15) is 0 Å². The molecule has 1 aliphatic heterocycles. The highest BCUT2D eigenvalue weighted by Crippen LogP contribution is 2.27. The number of nitrogens with one attached hydrogen (secondary N) is 2. The van der Waals surface area contributed by atoms with Crippen LogP contribution in [-0.4, -0.2) is 29.3 Å². The van der Waals surface area contributed by atoms with E-state index < -0.39 is 5.25 Å². The topological polar surface area (TPSA) is 79.8 Å². The monoisotopic (exact) mass is 389 g/mol. The molecule has 3 rings (SSSR count). The number of anilines is 1. The third-order valence-corrected chi connectivity index (χ3v) is 4.99. The first-order valence-corrected chi connectivity index (χ1v) is 9.05. The lowest BCUT2D eigenvalue weighted by atomic mass is 10.2. The number of aliphatic imine (C=N–C) groups is 1. The third-order valence-electron chi connectivity index (χ3n) is 3.58. The van der Waals surface area contributed by atoms with Crippen molar-refractivity contribution in [2.45, 2.75) is 11.7 Å². The predicted octanol–water partition coefficient (Wildman–Crippen LogP) is 3.60. The molecular weight excluding hydrogens is 374 g/mol. The van der Waals surface area contributed by atoms with Gasteiger partial charge in [0.05, 0.1) is 23.5 Å². The minimum absolute atomic E-state index is 0.0266. The van der Waals surface area contributed by atoms with E-state index >= 15 is 0 Å². The van der Waals surface area contributed by atoms with Crippen LogP contribution in [0.15, 0.2) is 53.5 Å². The summed E-state index contributed by atoms with van der Waals surface area (Å²) in [6.45, 7) is 0. The van der Waals surface area contributed by atoms with Gasteiger partial charge in [-0.15, -0.1) is 0 Å². The summed E-state index contributed by atoms with van der Waals surface area (Å²) >= 11 is 7.25. The maximum absolute atomic E-state index is 12.2. The zero-order valence-corrected chi connectivity index (χ0v) is 15.4. The second-order valence-electron chi connectivity index (χ2n) is 5.45. The fourth-order valence-electron chi connectivity index (χ4n) is 2.32. The molecule has 2 aromatic carbocycles. The Labute approximate surface area is 160 Å². The van der Waals surface area contributed by atoms with Crippen LogP contribution < -0.4 is 15.4 Å². The van der Waals surface area contributed by atoms with Crippen molar-refractivity contribution in [1.82, 2.24) is 5.32 Å². The van der Waals surface area contributed by atoms with Crippen LogP contribution in [0.3, 0.4) is 0 Å². The summed E-state index contributed by atoms with van der Waals surface area (Å²) in [7, 11) is 1.58. The standard InChI is InChI=1S/C18H16ClN3O3S/c1-25-12-6-4-5-11(9-12)20-18-22-17(24)15(26-18)10-16(23)21-14-8-3-2-7-13(14)19/h2-9,15H,10H2,1H3,(H,21,23)(H,20,22,24)/t15-/m1/s1. The van der Waals surface area contributed by atoms with E-state index in [1.165, 1.54) is 11.8 Å². The van der Waals surface area contributed by atoms with E-state index in [0.29, 0.717) is 27.3 Å². The molecule has 0 unspecified atom stereocenters. The number of thioether (sulfide) groups is 1. The molecule has 0 spiro atoms. The van der Waals surface area contributed by atoms with Gasteiger partial charge in [0.15, 0.2) is 5.17 Å².